The molecule has 128 valence electrons. The van der Waals surface area contributed by atoms with Crippen LogP contribution >= 0.6 is 0 Å². The van der Waals surface area contributed by atoms with Crippen molar-refractivity contribution >= 4 is 6.29 Å². The fourth-order valence-corrected chi connectivity index (χ4v) is 2.64. The Morgan fingerprint density at radius 2 is 1.62 bits per heavy atom. The van der Waals surface area contributed by atoms with E-state index < -0.39 is 0 Å². The Kier molecular flexibility index (Phi) is 5.46. The lowest BCUT2D eigenvalue weighted by Gasteiger charge is -2.13. The van der Waals surface area contributed by atoms with Crippen molar-refractivity contribution in [3.05, 3.63) is 101 Å². The maximum Gasteiger partial charge on any atom is 0.150 e. The van der Waals surface area contributed by atoms with Crippen LogP contribution in [0.1, 0.15) is 33.0 Å². The van der Waals surface area contributed by atoms with Gasteiger partial charge in [0.2, 0.25) is 0 Å². The number of halogens is 1. The Balaban J connectivity index is 2.01. The van der Waals surface area contributed by atoms with Gasteiger partial charge in [0.25, 0.3) is 0 Å². The van der Waals surface area contributed by atoms with E-state index in [0.29, 0.717) is 11.1 Å². The van der Waals surface area contributed by atoms with E-state index in [4.69, 9.17) is 4.74 Å². The van der Waals surface area contributed by atoms with E-state index in [1.165, 1.54) is 12.1 Å². The molecule has 1 unspecified atom stereocenters. The Labute approximate surface area is 152 Å². The minimum atomic E-state index is -0.312. The standard InChI is InChI=1S/C23H17FO2/c1-26-22-12-10-20(11-13-22)23(19-8-5-18(16-25)6-9-19)14-7-17-3-2-4-21(24)15-17/h2-6,8-13,15-16,23H,1H3. The van der Waals surface area contributed by atoms with E-state index in [1.54, 1.807) is 31.4 Å². The molecule has 0 heterocycles. The van der Waals surface area contributed by atoms with Gasteiger partial charge in [0.1, 0.15) is 17.9 Å². The molecule has 0 aliphatic carbocycles. The van der Waals surface area contributed by atoms with E-state index in [9.17, 15) is 9.18 Å². The topological polar surface area (TPSA) is 26.3 Å². The molecule has 0 bridgehead atoms. The zero-order valence-electron chi connectivity index (χ0n) is 14.3. The highest BCUT2D eigenvalue weighted by molar-refractivity contribution is 5.74. The SMILES string of the molecule is COc1ccc(C(C#Cc2cccc(F)c2)c2ccc(C=O)cc2)cc1. The van der Waals surface area contributed by atoms with Crippen molar-refractivity contribution in [2.45, 2.75) is 5.92 Å². The zero-order valence-corrected chi connectivity index (χ0v) is 14.3. The summed E-state index contributed by atoms with van der Waals surface area (Å²) in [6, 6.07) is 21.2. The first-order chi connectivity index (χ1) is 12.7. The number of carbonyl (C=O) groups is 1. The molecule has 3 rings (SSSR count). The molecule has 3 heteroatoms. The Morgan fingerprint density at radius 1 is 0.962 bits per heavy atom. The summed E-state index contributed by atoms with van der Waals surface area (Å²) in [5, 5.41) is 0. The van der Waals surface area contributed by atoms with Crippen LogP contribution in [-0.2, 0) is 0 Å². The molecule has 0 amide bonds. The summed E-state index contributed by atoms with van der Waals surface area (Å²) in [5.74, 6) is 6.52. The summed E-state index contributed by atoms with van der Waals surface area (Å²) < 4.78 is 18.6. The number of benzene rings is 3. The first kappa shape index (κ1) is 17.4. The number of carbonyl (C=O) groups excluding carboxylic acids is 1. The first-order valence-electron chi connectivity index (χ1n) is 8.16. The molecule has 3 aromatic carbocycles. The third-order valence-electron chi connectivity index (χ3n) is 4.04. The van der Waals surface area contributed by atoms with Gasteiger partial charge in [-0.15, -0.1) is 0 Å². The Bertz CT molecular complexity index is 948. The van der Waals surface area contributed by atoms with E-state index >= 15 is 0 Å². The maximum atomic E-state index is 13.4. The van der Waals surface area contributed by atoms with Crippen LogP contribution in [0.4, 0.5) is 4.39 Å². The van der Waals surface area contributed by atoms with Gasteiger partial charge in [-0.3, -0.25) is 4.79 Å². The fraction of sp³-hybridized carbons (Fsp3) is 0.0870. The van der Waals surface area contributed by atoms with Crippen molar-refractivity contribution in [3.8, 4) is 17.6 Å². The number of hydrogen-bond acceptors (Lipinski definition) is 2. The number of rotatable bonds is 4. The maximum absolute atomic E-state index is 13.4. The van der Waals surface area contributed by atoms with Crippen molar-refractivity contribution < 1.29 is 13.9 Å². The van der Waals surface area contributed by atoms with E-state index in [-0.39, 0.29) is 11.7 Å². The largest absolute Gasteiger partial charge is 0.497 e. The molecule has 0 aromatic heterocycles. The summed E-state index contributed by atoms with van der Waals surface area (Å²) in [6.45, 7) is 0. The van der Waals surface area contributed by atoms with Crippen molar-refractivity contribution in [1.82, 2.24) is 0 Å². The van der Waals surface area contributed by atoms with Gasteiger partial charge in [0.15, 0.2) is 0 Å². The lowest BCUT2D eigenvalue weighted by molar-refractivity contribution is 0.112. The lowest BCUT2D eigenvalue weighted by Crippen LogP contribution is -1.99. The third kappa shape index (κ3) is 4.17. The van der Waals surface area contributed by atoms with Gasteiger partial charge in [-0.1, -0.05) is 54.3 Å². The van der Waals surface area contributed by atoms with Crippen LogP contribution in [0.2, 0.25) is 0 Å². The number of aldehydes is 1. The normalized spacial score (nSPS) is 11.2. The predicted molar refractivity (Wildman–Crippen MR) is 99.9 cm³/mol. The second kappa shape index (κ2) is 8.13. The molecule has 0 radical (unpaired) electrons. The molecule has 0 fully saturated rings. The molecule has 0 saturated carbocycles. The molecule has 3 aromatic rings. The second-order valence-corrected chi connectivity index (χ2v) is 5.77. The quantitative estimate of drug-likeness (QED) is 0.500. The second-order valence-electron chi connectivity index (χ2n) is 5.77. The smallest absolute Gasteiger partial charge is 0.150 e. The van der Waals surface area contributed by atoms with Crippen molar-refractivity contribution in [1.29, 1.82) is 0 Å². The third-order valence-corrected chi connectivity index (χ3v) is 4.04. The average molecular weight is 344 g/mol. The Morgan fingerprint density at radius 3 is 2.19 bits per heavy atom. The highest BCUT2D eigenvalue weighted by Crippen LogP contribution is 2.26. The van der Waals surface area contributed by atoms with Crippen LogP contribution in [0.15, 0.2) is 72.8 Å². The highest BCUT2D eigenvalue weighted by atomic mass is 19.1. The van der Waals surface area contributed by atoms with Crippen molar-refractivity contribution in [2.75, 3.05) is 7.11 Å². The first-order valence-corrected chi connectivity index (χ1v) is 8.16. The minimum Gasteiger partial charge on any atom is -0.497 e. The van der Waals surface area contributed by atoms with Gasteiger partial charge >= 0.3 is 0 Å². The van der Waals surface area contributed by atoms with Crippen LogP contribution in [0.25, 0.3) is 0 Å². The average Bonchev–Trinajstić information content (AvgIpc) is 2.69. The molecule has 0 aliphatic heterocycles. The van der Waals surface area contributed by atoms with Gasteiger partial charge < -0.3 is 4.74 Å². The van der Waals surface area contributed by atoms with Crippen LogP contribution in [0, 0.1) is 17.7 Å². The lowest BCUT2D eigenvalue weighted by atomic mass is 9.91. The van der Waals surface area contributed by atoms with Gasteiger partial charge in [0.05, 0.1) is 13.0 Å². The van der Waals surface area contributed by atoms with E-state index in [2.05, 4.69) is 11.8 Å². The van der Waals surface area contributed by atoms with Gasteiger partial charge in [0, 0.05) is 11.1 Å². The predicted octanol–water partition coefficient (Wildman–Crippen LogP) is 4.83. The molecule has 1 atom stereocenters. The van der Waals surface area contributed by atoms with E-state index in [1.807, 2.05) is 36.4 Å². The number of ether oxygens (including phenoxy) is 1. The summed E-state index contributed by atoms with van der Waals surface area (Å²) in [4.78, 5) is 10.9. The highest BCUT2D eigenvalue weighted by Gasteiger charge is 2.12. The monoisotopic (exact) mass is 344 g/mol. The molecular weight excluding hydrogens is 327 g/mol. The van der Waals surface area contributed by atoms with Crippen LogP contribution in [0.5, 0.6) is 5.75 Å². The fourth-order valence-electron chi connectivity index (χ4n) is 2.64. The molecular formula is C23H17FO2. The van der Waals surface area contributed by atoms with Gasteiger partial charge in [-0.25, -0.2) is 4.39 Å². The molecule has 0 spiro atoms. The Hall–Kier alpha value is -3.38. The van der Waals surface area contributed by atoms with Crippen LogP contribution in [0.3, 0.4) is 0 Å². The van der Waals surface area contributed by atoms with E-state index in [0.717, 1.165) is 23.2 Å². The number of hydrogen-bond donors (Lipinski definition) is 0. The van der Waals surface area contributed by atoms with Crippen molar-refractivity contribution in [2.24, 2.45) is 0 Å². The molecule has 0 saturated heterocycles. The van der Waals surface area contributed by atoms with Crippen LogP contribution < -0.4 is 4.74 Å². The van der Waals surface area contributed by atoms with Gasteiger partial charge in [-0.2, -0.15) is 0 Å². The molecule has 26 heavy (non-hydrogen) atoms. The minimum absolute atomic E-state index is 0.204. The zero-order chi connectivity index (χ0) is 18.4. The summed E-state index contributed by atoms with van der Waals surface area (Å²) >= 11 is 0. The molecule has 2 nitrogen and oxygen atoms in total. The van der Waals surface area contributed by atoms with Crippen LogP contribution in [-0.4, -0.2) is 13.4 Å². The number of methoxy groups -OCH3 is 1. The van der Waals surface area contributed by atoms with Crippen molar-refractivity contribution in [3.63, 3.8) is 0 Å². The van der Waals surface area contributed by atoms with Gasteiger partial charge in [-0.05, 0) is 41.5 Å². The molecule has 0 N–H and O–H groups in total. The summed E-state index contributed by atoms with van der Waals surface area (Å²) in [7, 11) is 1.62. The molecule has 0 aliphatic rings. The summed E-state index contributed by atoms with van der Waals surface area (Å²) in [6.07, 6.45) is 0.810. The summed E-state index contributed by atoms with van der Waals surface area (Å²) in [5.41, 5.74) is 3.19.